The third kappa shape index (κ3) is 5.16. The van der Waals surface area contributed by atoms with Crippen LogP contribution in [-0.2, 0) is 4.74 Å². The molecule has 0 aromatic heterocycles. The summed E-state index contributed by atoms with van der Waals surface area (Å²) < 4.78 is 5.99. The van der Waals surface area contributed by atoms with E-state index in [1.807, 2.05) is 0 Å². The molecule has 0 unspecified atom stereocenters. The number of carbonyl (C=O) groups is 2. The van der Waals surface area contributed by atoms with Crippen molar-refractivity contribution in [2.45, 2.75) is 26.4 Å². The van der Waals surface area contributed by atoms with E-state index in [1.54, 1.807) is 39.0 Å². The molecular weight excluding hydrogens is 333 g/mol. The summed E-state index contributed by atoms with van der Waals surface area (Å²) in [6.45, 7) is 5.37. The Morgan fingerprint density at radius 1 is 1.35 bits per heavy atom. The lowest BCUT2D eigenvalue weighted by Gasteiger charge is -2.19. The Kier molecular flexibility index (Phi) is 4.50. The first kappa shape index (κ1) is 14.0. The van der Waals surface area contributed by atoms with Crippen LogP contribution >= 0.6 is 22.6 Å². The molecule has 0 atom stereocenters. The Morgan fingerprint density at radius 3 is 2.53 bits per heavy atom. The number of carbonyl (C=O) groups excluding carboxylic acids is 2. The molecule has 0 bridgehead atoms. The number of anilines is 1. The lowest BCUT2D eigenvalue weighted by molar-refractivity contribution is 0.0635. The van der Waals surface area contributed by atoms with Crippen molar-refractivity contribution in [3.8, 4) is 0 Å². The molecule has 0 heterocycles. The van der Waals surface area contributed by atoms with Gasteiger partial charge in [-0.2, -0.15) is 0 Å². The molecule has 1 N–H and O–H groups in total. The molecule has 0 aliphatic heterocycles. The molecule has 1 rings (SSSR count). The van der Waals surface area contributed by atoms with Crippen LogP contribution in [0, 0.1) is 3.57 Å². The summed E-state index contributed by atoms with van der Waals surface area (Å²) in [7, 11) is 0. The summed E-state index contributed by atoms with van der Waals surface area (Å²) in [6, 6.07) is 5.09. The SMILES string of the molecule is CC(C)(C)OC(=O)Nc1cc(I)cc(C=O)c1. The summed E-state index contributed by atoms with van der Waals surface area (Å²) in [6.07, 6.45) is 0.207. The van der Waals surface area contributed by atoms with Gasteiger partial charge in [-0.1, -0.05) is 0 Å². The van der Waals surface area contributed by atoms with Crippen molar-refractivity contribution < 1.29 is 14.3 Å². The van der Waals surface area contributed by atoms with E-state index in [0.29, 0.717) is 11.3 Å². The van der Waals surface area contributed by atoms with Crippen LogP contribution in [0.3, 0.4) is 0 Å². The van der Waals surface area contributed by atoms with Gasteiger partial charge in [0.05, 0.1) is 0 Å². The number of rotatable bonds is 2. The molecule has 1 aromatic carbocycles. The van der Waals surface area contributed by atoms with Crippen LogP contribution in [0.1, 0.15) is 31.1 Å². The van der Waals surface area contributed by atoms with E-state index in [2.05, 4.69) is 27.9 Å². The van der Waals surface area contributed by atoms with Crippen molar-refractivity contribution in [3.05, 3.63) is 27.3 Å². The Bertz CT molecular complexity index is 438. The van der Waals surface area contributed by atoms with Crippen LogP contribution in [0.25, 0.3) is 0 Å². The molecule has 0 spiro atoms. The molecular formula is C12H14INO3. The number of nitrogens with one attached hydrogen (secondary N) is 1. The predicted octanol–water partition coefficient (Wildman–Crippen LogP) is 3.45. The molecule has 0 saturated heterocycles. The maximum Gasteiger partial charge on any atom is 0.412 e. The summed E-state index contributed by atoms with van der Waals surface area (Å²) in [4.78, 5) is 22.2. The Hall–Kier alpha value is -1.11. The van der Waals surface area contributed by atoms with Crippen LogP contribution in [0.2, 0.25) is 0 Å². The van der Waals surface area contributed by atoms with Crippen molar-refractivity contribution in [1.82, 2.24) is 0 Å². The minimum atomic E-state index is -0.542. The molecule has 1 aromatic rings. The van der Waals surface area contributed by atoms with Crippen LogP contribution in [-0.4, -0.2) is 18.0 Å². The summed E-state index contributed by atoms with van der Waals surface area (Å²) >= 11 is 2.08. The maximum absolute atomic E-state index is 11.5. The highest BCUT2D eigenvalue weighted by Gasteiger charge is 2.16. The smallest absolute Gasteiger partial charge is 0.412 e. The monoisotopic (exact) mass is 347 g/mol. The third-order valence-electron chi connectivity index (χ3n) is 1.70. The third-order valence-corrected chi connectivity index (χ3v) is 2.32. The van der Waals surface area contributed by atoms with Crippen molar-refractivity contribution in [2.24, 2.45) is 0 Å². The standard InChI is InChI=1S/C12H14INO3/c1-12(2,3)17-11(16)14-10-5-8(7-15)4-9(13)6-10/h4-7H,1-3H3,(H,14,16). The maximum atomic E-state index is 11.5. The van der Waals surface area contributed by atoms with Gasteiger partial charge in [-0.15, -0.1) is 0 Å². The van der Waals surface area contributed by atoms with Gasteiger partial charge in [-0.05, 0) is 61.6 Å². The van der Waals surface area contributed by atoms with Gasteiger partial charge in [-0.25, -0.2) is 4.79 Å². The normalized spacial score (nSPS) is 10.8. The van der Waals surface area contributed by atoms with Crippen molar-refractivity contribution in [3.63, 3.8) is 0 Å². The Labute approximate surface area is 114 Å². The second-order valence-electron chi connectivity index (χ2n) is 4.52. The average molecular weight is 347 g/mol. The zero-order chi connectivity index (χ0) is 13.1. The minimum absolute atomic E-state index is 0.517. The quantitative estimate of drug-likeness (QED) is 0.659. The lowest BCUT2D eigenvalue weighted by atomic mass is 10.2. The van der Waals surface area contributed by atoms with E-state index < -0.39 is 11.7 Å². The molecule has 5 heteroatoms. The van der Waals surface area contributed by atoms with E-state index in [9.17, 15) is 9.59 Å². The van der Waals surface area contributed by atoms with Crippen LogP contribution in [0.4, 0.5) is 10.5 Å². The molecule has 17 heavy (non-hydrogen) atoms. The van der Waals surface area contributed by atoms with E-state index in [0.717, 1.165) is 9.86 Å². The van der Waals surface area contributed by atoms with Gasteiger partial charge in [0.2, 0.25) is 0 Å². The zero-order valence-corrected chi connectivity index (χ0v) is 12.1. The van der Waals surface area contributed by atoms with Gasteiger partial charge in [0.25, 0.3) is 0 Å². The van der Waals surface area contributed by atoms with Gasteiger partial charge < -0.3 is 4.74 Å². The molecule has 1 amide bonds. The van der Waals surface area contributed by atoms with Crippen molar-refractivity contribution >= 4 is 40.7 Å². The van der Waals surface area contributed by atoms with Gasteiger partial charge in [0.15, 0.2) is 0 Å². The first-order valence-electron chi connectivity index (χ1n) is 5.06. The largest absolute Gasteiger partial charge is 0.444 e. The number of hydrogen-bond donors (Lipinski definition) is 1. The topological polar surface area (TPSA) is 55.4 Å². The number of amides is 1. The van der Waals surface area contributed by atoms with Crippen LogP contribution < -0.4 is 5.32 Å². The van der Waals surface area contributed by atoms with Gasteiger partial charge in [0, 0.05) is 14.8 Å². The molecule has 0 aliphatic carbocycles. The summed E-state index contributed by atoms with van der Waals surface area (Å²) in [5.74, 6) is 0. The second kappa shape index (κ2) is 5.48. The Balaban J connectivity index is 2.78. The van der Waals surface area contributed by atoms with E-state index in [1.165, 1.54) is 0 Å². The average Bonchev–Trinajstić information content (AvgIpc) is 2.13. The fraction of sp³-hybridized carbons (Fsp3) is 0.333. The van der Waals surface area contributed by atoms with Crippen LogP contribution in [0.15, 0.2) is 18.2 Å². The minimum Gasteiger partial charge on any atom is -0.444 e. The predicted molar refractivity (Wildman–Crippen MR) is 74.4 cm³/mol. The van der Waals surface area contributed by atoms with Crippen molar-refractivity contribution in [1.29, 1.82) is 0 Å². The van der Waals surface area contributed by atoms with Gasteiger partial charge in [0.1, 0.15) is 11.9 Å². The van der Waals surface area contributed by atoms with E-state index in [4.69, 9.17) is 4.74 Å². The summed E-state index contributed by atoms with van der Waals surface area (Å²) in [5, 5.41) is 2.59. The van der Waals surface area contributed by atoms with Gasteiger partial charge >= 0.3 is 6.09 Å². The molecule has 92 valence electrons. The molecule has 0 aliphatic rings. The molecule has 0 radical (unpaired) electrons. The number of aldehydes is 1. The zero-order valence-electron chi connectivity index (χ0n) is 9.91. The fourth-order valence-corrected chi connectivity index (χ4v) is 1.87. The van der Waals surface area contributed by atoms with Crippen LogP contribution in [0.5, 0.6) is 0 Å². The van der Waals surface area contributed by atoms with E-state index >= 15 is 0 Å². The fourth-order valence-electron chi connectivity index (χ4n) is 1.17. The molecule has 4 nitrogen and oxygen atoms in total. The summed E-state index contributed by atoms with van der Waals surface area (Å²) in [5.41, 5.74) is 0.524. The lowest BCUT2D eigenvalue weighted by Crippen LogP contribution is -2.27. The number of hydrogen-bond acceptors (Lipinski definition) is 3. The first-order chi connectivity index (χ1) is 7.80. The Morgan fingerprint density at radius 2 is 2.00 bits per heavy atom. The van der Waals surface area contributed by atoms with Crippen molar-refractivity contribution in [2.75, 3.05) is 5.32 Å². The number of benzene rings is 1. The molecule has 0 fully saturated rings. The molecule has 0 saturated carbocycles. The first-order valence-corrected chi connectivity index (χ1v) is 6.14. The second-order valence-corrected chi connectivity index (χ2v) is 5.76. The highest BCUT2D eigenvalue weighted by atomic mass is 127. The van der Waals surface area contributed by atoms with E-state index in [-0.39, 0.29) is 0 Å². The van der Waals surface area contributed by atoms with Gasteiger partial charge in [-0.3, -0.25) is 10.1 Å². The number of ether oxygens (including phenoxy) is 1. The number of halogens is 1. The highest BCUT2D eigenvalue weighted by molar-refractivity contribution is 14.1. The highest BCUT2D eigenvalue weighted by Crippen LogP contribution is 2.17.